The summed E-state index contributed by atoms with van der Waals surface area (Å²) in [6.07, 6.45) is 1.52. The molecule has 6 nitrogen and oxygen atoms in total. The summed E-state index contributed by atoms with van der Waals surface area (Å²) in [5, 5.41) is 3.54. The van der Waals surface area contributed by atoms with Crippen molar-refractivity contribution >= 4 is 33.0 Å². The van der Waals surface area contributed by atoms with Crippen molar-refractivity contribution in [3.63, 3.8) is 0 Å². The Labute approximate surface area is 159 Å². The number of nitrogens with zero attached hydrogens (tertiary/aromatic N) is 1. The van der Waals surface area contributed by atoms with E-state index >= 15 is 0 Å². The molecule has 2 aromatic rings. The molecular formula is C18H25N3O3S2. The summed E-state index contributed by atoms with van der Waals surface area (Å²) in [5.74, 6) is -0.378. The van der Waals surface area contributed by atoms with Gasteiger partial charge in [0, 0.05) is 11.0 Å². The van der Waals surface area contributed by atoms with Crippen LogP contribution in [0, 0.1) is 0 Å². The number of thiazole rings is 1. The monoisotopic (exact) mass is 395 g/mol. The molecule has 1 aromatic heterocycles. The maximum absolute atomic E-state index is 12.7. The van der Waals surface area contributed by atoms with Gasteiger partial charge in [-0.3, -0.25) is 4.79 Å². The van der Waals surface area contributed by atoms with E-state index < -0.39 is 15.6 Å². The summed E-state index contributed by atoms with van der Waals surface area (Å²) < 4.78 is 27.9. The van der Waals surface area contributed by atoms with Crippen LogP contribution in [-0.2, 0) is 15.4 Å². The van der Waals surface area contributed by atoms with E-state index in [9.17, 15) is 13.2 Å². The summed E-state index contributed by atoms with van der Waals surface area (Å²) in [5.41, 5.74) is -0.545. The van der Waals surface area contributed by atoms with Crippen molar-refractivity contribution in [2.24, 2.45) is 0 Å². The second-order valence-electron chi connectivity index (χ2n) is 8.09. The average molecular weight is 396 g/mol. The molecule has 26 heavy (non-hydrogen) atoms. The molecule has 142 valence electrons. The molecule has 1 amide bonds. The van der Waals surface area contributed by atoms with Gasteiger partial charge in [0.05, 0.1) is 16.9 Å². The summed E-state index contributed by atoms with van der Waals surface area (Å²) in [7, 11) is -3.77. The zero-order valence-electron chi connectivity index (χ0n) is 15.9. The molecule has 0 radical (unpaired) electrons. The largest absolute Gasteiger partial charge is 0.320 e. The SMILES string of the molecule is CC(C)(C)NS(=O)(=O)c1ccccc1NC(=O)c1cnc(C(C)(C)C)s1. The molecule has 0 saturated carbocycles. The smallest absolute Gasteiger partial charge is 0.267 e. The number of benzene rings is 1. The van der Waals surface area contributed by atoms with Gasteiger partial charge in [-0.1, -0.05) is 32.9 Å². The zero-order chi connectivity index (χ0) is 19.8. The number of carbonyl (C=O) groups is 1. The van der Waals surface area contributed by atoms with Gasteiger partial charge in [0.15, 0.2) is 0 Å². The molecule has 0 spiro atoms. The standard InChI is InChI=1S/C18H25N3O3S2/c1-17(2,3)16-19-11-13(25-16)15(22)20-12-9-7-8-10-14(12)26(23,24)21-18(4,5)6/h7-11,21H,1-6H3,(H,20,22). The van der Waals surface area contributed by atoms with E-state index in [-0.39, 0.29) is 21.9 Å². The number of para-hydroxylation sites is 1. The Balaban J connectivity index is 2.31. The van der Waals surface area contributed by atoms with Crippen molar-refractivity contribution < 1.29 is 13.2 Å². The lowest BCUT2D eigenvalue weighted by Crippen LogP contribution is -2.40. The van der Waals surface area contributed by atoms with E-state index in [0.717, 1.165) is 5.01 Å². The predicted octanol–water partition coefficient (Wildman–Crippen LogP) is 3.77. The van der Waals surface area contributed by atoms with Gasteiger partial charge in [0.1, 0.15) is 9.77 Å². The summed E-state index contributed by atoms with van der Waals surface area (Å²) in [4.78, 5) is 17.3. The molecule has 8 heteroatoms. The van der Waals surface area contributed by atoms with Crippen LogP contribution in [0.25, 0.3) is 0 Å². The van der Waals surface area contributed by atoms with Gasteiger partial charge in [-0.05, 0) is 32.9 Å². The van der Waals surface area contributed by atoms with Gasteiger partial charge in [-0.15, -0.1) is 11.3 Å². The Kier molecular flexibility index (Phi) is 5.60. The molecule has 0 unspecified atom stereocenters. The van der Waals surface area contributed by atoms with E-state index in [1.807, 2.05) is 20.8 Å². The van der Waals surface area contributed by atoms with Crippen molar-refractivity contribution in [1.29, 1.82) is 0 Å². The molecule has 1 aromatic carbocycles. The number of anilines is 1. The second kappa shape index (κ2) is 7.09. The van der Waals surface area contributed by atoms with Gasteiger partial charge < -0.3 is 5.32 Å². The van der Waals surface area contributed by atoms with Crippen LogP contribution < -0.4 is 10.0 Å². The Hall–Kier alpha value is -1.77. The number of hydrogen-bond donors (Lipinski definition) is 2. The molecule has 0 fully saturated rings. The molecule has 1 heterocycles. The molecule has 0 saturated heterocycles. The first-order chi connectivity index (χ1) is 11.8. The third kappa shape index (κ3) is 5.12. The van der Waals surface area contributed by atoms with Crippen LogP contribution in [0.15, 0.2) is 35.4 Å². The highest BCUT2D eigenvalue weighted by molar-refractivity contribution is 7.89. The highest BCUT2D eigenvalue weighted by Gasteiger charge is 2.26. The Morgan fingerprint density at radius 3 is 2.23 bits per heavy atom. The van der Waals surface area contributed by atoms with Crippen LogP contribution in [0.2, 0.25) is 0 Å². The average Bonchev–Trinajstić information content (AvgIpc) is 2.95. The molecule has 0 aliphatic carbocycles. The first kappa shape index (κ1) is 20.5. The number of carbonyl (C=O) groups excluding carboxylic acids is 1. The van der Waals surface area contributed by atoms with Crippen LogP contribution in [0.3, 0.4) is 0 Å². The van der Waals surface area contributed by atoms with E-state index in [0.29, 0.717) is 4.88 Å². The fourth-order valence-corrected chi connectivity index (χ4v) is 4.62. The van der Waals surface area contributed by atoms with Gasteiger partial charge in [0.2, 0.25) is 10.0 Å². The van der Waals surface area contributed by atoms with Crippen molar-refractivity contribution in [2.75, 3.05) is 5.32 Å². The number of hydrogen-bond acceptors (Lipinski definition) is 5. The Morgan fingerprint density at radius 1 is 1.08 bits per heavy atom. The molecule has 0 aliphatic rings. The van der Waals surface area contributed by atoms with Crippen LogP contribution >= 0.6 is 11.3 Å². The van der Waals surface area contributed by atoms with E-state index in [2.05, 4.69) is 15.0 Å². The minimum Gasteiger partial charge on any atom is -0.320 e. The van der Waals surface area contributed by atoms with Gasteiger partial charge in [0.25, 0.3) is 5.91 Å². The fraction of sp³-hybridized carbons (Fsp3) is 0.444. The first-order valence-electron chi connectivity index (χ1n) is 8.20. The van der Waals surface area contributed by atoms with Gasteiger partial charge >= 0.3 is 0 Å². The molecule has 0 atom stereocenters. The van der Waals surface area contributed by atoms with Crippen molar-refractivity contribution in [2.45, 2.75) is 57.4 Å². The van der Waals surface area contributed by atoms with Crippen molar-refractivity contribution in [3.05, 3.63) is 40.3 Å². The number of sulfonamides is 1. The molecule has 2 N–H and O–H groups in total. The molecule has 2 rings (SSSR count). The number of amides is 1. The number of aromatic nitrogens is 1. The third-order valence-corrected chi connectivity index (χ3v) is 6.47. The topological polar surface area (TPSA) is 88.2 Å². The maximum atomic E-state index is 12.7. The molecule has 0 aliphatic heterocycles. The number of nitrogens with one attached hydrogen (secondary N) is 2. The quantitative estimate of drug-likeness (QED) is 0.825. The van der Waals surface area contributed by atoms with E-state index in [1.165, 1.54) is 23.6 Å². The Morgan fingerprint density at radius 2 is 1.69 bits per heavy atom. The normalized spacial score (nSPS) is 12.8. The fourth-order valence-electron chi connectivity index (χ4n) is 2.17. The lowest BCUT2D eigenvalue weighted by Gasteiger charge is -2.21. The maximum Gasteiger partial charge on any atom is 0.267 e. The lowest BCUT2D eigenvalue weighted by atomic mass is 9.98. The first-order valence-corrected chi connectivity index (χ1v) is 10.5. The summed E-state index contributed by atoms with van der Waals surface area (Å²) in [6.45, 7) is 11.3. The second-order valence-corrected chi connectivity index (χ2v) is 10.8. The highest BCUT2D eigenvalue weighted by Crippen LogP contribution is 2.28. The van der Waals surface area contributed by atoms with Crippen LogP contribution in [0.4, 0.5) is 5.69 Å². The van der Waals surface area contributed by atoms with Crippen molar-refractivity contribution in [3.8, 4) is 0 Å². The van der Waals surface area contributed by atoms with Crippen LogP contribution in [0.5, 0.6) is 0 Å². The van der Waals surface area contributed by atoms with Crippen LogP contribution in [-0.4, -0.2) is 24.8 Å². The van der Waals surface area contributed by atoms with E-state index in [4.69, 9.17) is 0 Å². The predicted molar refractivity (Wildman–Crippen MR) is 105 cm³/mol. The highest BCUT2D eigenvalue weighted by atomic mass is 32.2. The minimum absolute atomic E-state index is 0.0313. The number of rotatable bonds is 4. The lowest BCUT2D eigenvalue weighted by molar-refractivity contribution is 0.103. The Bertz CT molecular complexity index is 904. The third-order valence-electron chi connectivity index (χ3n) is 3.24. The molecule has 0 bridgehead atoms. The van der Waals surface area contributed by atoms with Crippen molar-refractivity contribution in [1.82, 2.24) is 9.71 Å². The van der Waals surface area contributed by atoms with Crippen LogP contribution in [0.1, 0.15) is 56.2 Å². The van der Waals surface area contributed by atoms with E-state index in [1.54, 1.807) is 39.0 Å². The zero-order valence-corrected chi connectivity index (χ0v) is 17.5. The minimum atomic E-state index is -3.77. The summed E-state index contributed by atoms with van der Waals surface area (Å²) >= 11 is 1.30. The summed E-state index contributed by atoms with van der Waals surface area (Å²) in [6, 6.07) is 6.34. The van der Waals surface area contributed by atoms with Gasteiger partial charge in [-0.25, -0.2) is 18.1 Å². The molecular weight excluding hydrogens is 370 g/mol. The van der Waals surface area contributed by atoms with Gasteiger partial charge in [-0.2, -0.15) is 0 Å².